The Labute approximate surface area is 199 Å². The number of ether oxygens (including phenoxy) is 1. The number of likely N-dealkylation sites (tertiary alicyclic amines) is 1. The molecule has 1 saturated heterocycles. The number of nitrogens with zero attached hydrogens (tertiary/aromatic N) is 1. The first kappa shape index (κ1) is 22.4. The lowest BCUT2D eigenvalue weighted by atomic mass is 9.79. The molecule has 2 amide bonds. The maximum absolute atomic E-state index is 13.4. The van der Waals surface area contributed by atoms with Gasteiger partial charge in [0.2, 0.25) is 5.91 Å². The van der Waals surface area contributed by atoms with Gasteiger partial charge in [0, 0.05) is 12.5 Å². The van der Waals surface area contributed by atoms with Crippen LogP contribution in [0.25, 0.3) is 11.1 Å². The molecule has 34 heavy (non-hydrogen) atoms. The van der Waals surface area contributed by atoms with Gasteiger partial charge in [-0.15, -0.1) is 0 Å². The predicted molar refractivity (Wildman–Crippen MR) is 126 cm³/mol. The number of amides is 2. The van der Waals surface area contributed by atoms with Gasteiger partial charge in [-0.3, -0.25) is 4.79 Å². The number of hydrogen-bond donors (Lipinski definition) is 2. The fraction of sp³-hybridized carbons (Fsp3) is 0.444. The molecule has 1 saturated carbocycles. The van der Waals surface area contributed by atoms with Crippen LogP contribution >= 0.6 is 0 Å². The normalized spacial score (nSPS) is 22.4. The largest absolute Gasteiger partial charge is 0.480 e. The van der Waals surface area contributed by atoms with Gasteiger partial charge in [0.15, 0.2) is 0 Å². The number of rotatable bonds is 6. The molecule has 2 atom stereocenters. The number of nitrogens with one attached hydrogen (secondary N) is 1. The molecule has 1 heterocycles. The van der Waals surface area contributed by atoms with E-state index in [1.807, 2.05) is 24.3 Å². The number of carbonyl (C=O) groups excluding carboxylic acids is 2. The fourth-order valence-corrected chi connectivity index (χ4v) is 5.63. The van der Waals surface area contributed by atoms with E-state index in [1.165, 1.54) is 4.90 Å². The Balaban J connectivity index is 1.29. The lowest BCUT2D eigenvalue weighted by Gasteiger charge is -2.39. The quantitative estimate of drug-likeness (QED) is 0.672. The Bertz CT molecular complexity index is 1080. The summed E-state index contributed by atoms with van der Waals surface area (Å²) < 4.78 is 5.66. The second kappa shape index (κ2) is 8.78. The highest BCUT2D eigenvalue weighted by Crippen LogP contribution is 2.44. The average Bonchev–Trinajstić information content (AvgIpc) is 3.35. The number of aliphatic carboxylic acids is 1. The number of benzene rings is 2. The van der Waals surface area contributed by atoms with Crippen molar-refractivity contribution in [1.29, 1.82) is 0 Å². The lowest BCUT2D eigenvalue weighted by molar-refractivity contribution is -0.157. The molecule has 1 aliphatic heterocycles. The van der Waals surface area contributed by atoms with Gasteiger partial charge in [-0.1, -0.05) is 55.0 Å². The smallest absolute Gasteiger partial charge is 0.407 e. The summed E-state index contributed by atoms with van der Waals surface area (Å²) in [6.45, 7) is 2.14. The Morgan fingerprint density at radius 1 is 1.06 bits per heavy atom. The van der Waals surface area contributed by atoms with Gasteiger partial charge in [-0.05, 0) is 60.8 Å². The van der Waals surface area contributed by atoms with E-state index in [-0.39, 0.29) is 24.3 Å². The zero-order valence-electron chi connectivity index (χ0n) is 19.3. The third-order valence-electron chi connectivity index (χ3n) is 7.87. The molecule has 2 aromatic carbocycles. The van der Waals surface area contributed by atoms with Crippen molar-refractivity contribution in [3.63, 3.8) is 0 Å². The van der Waals surface area contributed by atoms with Crippen molar-refractivity contribution in [3.05, 3.63) is 59.7 Å². The maximum atomic E-state index is 13.4. The Morgan fingerprint density at radius 2 is 1.68 bits per heavy atom. The zero-order chi connectivity index (χ0) is 23.9. The van der Waals surface area contributed by atoms with Crippen LogP contribution < -0.4 is 5.32 Å². The highest BCUT2D eigenvalue weighted by molar-refractivity contribution is 5.92. The molecule has 2 fully saturated rings. The summed E-state index contributed by atoms with van der Waals surface area (Å²) in [7, 11) is 0. The third kappa shape index (κ3) is 3.73. The molecule has 2 aromatic rings. The average molecular weight is 463 g/mol. The topological polar surface area (TPSA) is 95.9 Å². The van der Waals surface area contributed by atoms with Crippen LogP contribution in [-0.2, 0) is 14.3 Å². The van der Waals surface area contributed by atoms with Crippen LogP contribution in [-0.4, -0.2) is 52.7 Å². The number of fused-ring (bicyclic) bond motifs is 3. The molecule has 0 radical (unpaired) electrons. The van der Waals surface area contributed by atoms with E-state index < -0.39 is 23.6 Å². The summed E-state index contributed by atoms with van der Waals surface area (Å²) in [5.41, 5.74) is 3.31. The number of hydrogen-bond acceptors (Lipinski definition) is 4. The van der Waals surface area contributed by atoms with Crippen LogP contribution in [0.4, 0.5) is 4.79 Å². The zero-order valence-corrected chi connectivity index (χ0v) is 19.3. The van der Waals surface area contributed by atoms with Gasteiger partial charge in [0.25, 0.3) is 0 Å². The number of carbonyl (C=O) groups is 3. The van der Waals surface area contributed by atoms with Crippen LogP contribution in [0.1, 0.15) is 56.1 Å². The molecule has 3 aliphatic rings. The van der Waals surface area contributed by atoms with Gasteiger partial charge in [-0.2, -0.15) is 0 Å². The first-order chi connectivity index (χ1) is 16.4. The van der Waals surface area contributed by atoms with E-state index in [2.05, 4.69) is 29.6 Å². The van der Waals surface area contributed by atoms with E-state index >= 15 is 0 Å². The highest BCUT2D eigenvalue weighted by Gasteiger charge is 2.49. The van der Waals surface area contributed by atoms with Crippen molar-refractivity contribution in [2.24, 2.45) is 5.92 Å². The molecule has 7 nitrogen and oxygen atoms in total. The fourth-order valence-electron chi connectivity index (χ4n) is 5.63. The van der Waals surface area contributed by atoms with Gasteiger partial charge in [0.05, 0.1) is 0 Å². The van der Waals surface area contributed by atoms with E-state index in [9.17, 15) is 19.5 Å². The molecule has 0 bridgehead atoms. The van der Waals surface area contributed by atoms with Crippen molar-refractivity contribution in [1.82, 2.24) is 10.2 Å². The Kier molecular flexibility index (Phi) is 5.80. The van der Waals surface area contributed by atoms with E-state index in [0.717, 1.165) is 41.5 Å². The van der Waals surface area contributed by atoms with E-state index in [1.54, 1.807) is 6.92 Å². The molecule has 178 valence electrons. The molecular formula is C27H30N2O5. The van der Waals surface area contributed by atoms with E-state index in [0.29, 0.717) is 19.4 Å². The standard InChI is InChI=1S/C27H30N2O5/c1-27(25(31)32)14-7-15-29(27)24(30)23(17-8-6-9-17)28-26(33)34-16-22-20-12-4-2-10-18(20)19-11-3-5-13-21(19)22/h2-5,10-13,17,22-23H,6-9,14-16H2,1H3,(H,28,33)(H,31,32)/t23?,27-/m1/s1. The van der Waals surface area contributed by atoms with Gasteiger partial charge in [0.1, 0.15) is 18.2 Å². The van der Waals surface area contributed by atoms with Crippen molar-refractivity contribution in [2.45, 2.75) is 56.5 Å². The summed E-state index contributed by atoms with van der Waals surface area (Å²) >= 11 is 0. The van der Waals surface area contributed by atoms with Crippen molar-refractivity contribution in [2.75, 3.05) is 13.2 Å². The van der Waals surface area contributed by atoms with E-state index in [4.69, 9.17) is 4.74 Å². The minimum absolute atomic E-state index is 0.00614. The van der Waals surface area contributed by atoms with Crippen LogP contribution in [0.15, 0.2) is 48.5 Å². The minimum atomic E-state index is -1.23. The number of carboxylic acid groups (broad SMARTS) is 1. The summed E-state index contributed by atoms with van der Waals surface area (Å²) in [5, 5.41) is 12.5. The van der Waals surface area contributed by atoms with Crippen LogP contribution in [0.3, 0.4) is 0 Å². The minimum Gasteiger partial charge on any atom is -0.480 e. The van der Waals surface area contributed by atoms with Crippen molar-refractivity contribution >= 4 is 18.0 Å². The van der Waals surface area contributed by atoms with Crippen molar-refractivity contribution in [3.8, 4) is 11.1 Å². The molecule has 7 heteroatoms. The summed E-state index contributed by atoms with van der Waals surface area (Å²) in [4.78, 5) is 39.6. The van der Waals surface area contributed by atoms with Gasteiger partial charge >= 0.3 is 12.1 Å². The summed E-state index contributed by atoms with van der Waals surface area (Å²) in [6.07, 6.45) is 3.07. The van der Waals surface area contributed by atoms with Gasteiger partial charge < -0.3 is 20.1 Å². The molecule has 2 aliphatic carbocycles. The first-order valence-electron chi connectivity index (χ1n) is 12.1. The predicted octanol–water partition coefficient (Wildman–Crippen LogP) is 4.16. The number of carboxylic acids is 1. The van der Waals surface area contributed by atoms with Gasteiger partial charge in [-0.25, -0.2) is 9.59 Å². The third-order valence-corrected chi connectivity index (χ3v) is 7.87. The SMILES string of the molecule is C[C@]1(C(=O)O)CCCN1C(=O)C(NC(=O)OCC1c2ccccc2-c2ccccc21)C1CCC1. The monoisotopic (exact) mass is 462 g/mol. The summed E-state index contributed by atoms with van der Waals surface area (Å²) in [5.74, 6) is -1.39. The first-order valence-corrected chi connectivity index (χ1v) is 12.1. The number of alkyl carbamates (subject to hydrolysis) is 1. The molecule has 5 rings (SSSR count). The molecule has 0 spiro atoms. The van der Waals surface area contributed by atoms with Crippen molar-refractivity contribution < 1.29 is 24.2 Å². The van der Waals surface area contributed by atoms with Crippen LogP contribution in [0, 0.1) is 5.92 Å². The molecule has 1 unspecified atom stereocenters. The second-order valence-corrected chi connectivity index (χ2v) is 9.81. The van der Waals surface area contributed by atoms with Crippen LogP contribution in [0.5, 0.6) is 0 Å². The molecule has 2 N–H and O–H groups in total. The summed E-state index contributed by atoms with van der Waals surface area (Å²) in [6, 6.07) is 15.5. The maximum Gasteiger partial charge on any atom is 0.407 e. The highest BCUT2D eigenvalue weighted by atomic mass is 16.5. The van der Waals surface area contributed by atoms with Crippen LogP contribution in [0.2, 0.25) is 0 Å². The molecule has 0 aromatic heterocycles. The Morgan fingerprint density at radius 3 is 2.24 bits per heavy atom. The Hall–Kier alpha value is -3.35. The second-order valence-electron chi connectivity index (χ2n) is 9.81. The lowest BCUT2D eigenvalue weighted by Crippen LogP contribution is -2.59. The molecular weight excluding hydrogens is 432 g/mol.